The second-order valence-electron chi connectivity index (χ2n) is 7.15. The first-order valence-corrected chi connectivity index (χ1v) is 20.6. The molecule has 3 N–H and O–H groups in total. The van der Waals surface area contributed by atoms with E-state index in [0.29, 0.717) is 10.8 Å². The molecule has 0 atom stereocenters. The van der Waals surface area contributed by atoms with Crippen LogP contribution in [0, 0.1) is 0 Å². The predicted molar refractivity (Wildman–Crippen MR) is 99.2 cm³/mol. The van der Waals surface area contributed by atoms with Crippen molar-refractivity contribution in [2.75, 3.05) is 19.6 Å². The van der Waals surface area contributed by atoms with Crippen LogP contribution in [0.2, 0.25) is 11.5 Å². The van der Waals surface area contributed by atoms with Gasteiger partial charge >= 0.3 is 160 Å². The first-order chi connectivity index (χ1) is 11.7. The van der Waals surface area contributed by atoms with Crippen LogP contribution in [-0.4, -0.2) is 37.9 Å². The number of alkyl halides is 3. The molecular formula is C17H34F3GeN3Zr. The van der Waals surface area contributed by atoms with Gasteiger partial charge in [0.25, 0.3) is 0 Å². The van der Waals surface area contributed by atoms with Crippen LogP contribution in [0.15, 0.2) is 19.8 Å². The van der Waals surface area contributed by atoms with Crippen LogP contribution in [0.5, 0.6) is 0 Å². The molecular weight excluding hydrogens is 467 g/mol. The number of hydrogen-bond donors (Lipinski definition) is 3. The summed E-state index contributed by atoms with van der Waals surface area (Å²) in [6, 6.07) is 0. The van der Waals surface area contributed by atoms with E-state index < -0.39 is 39.4 Å². The Bertz CT molecular complexity index is 468. The summed E-state index contributed by atoms with van der Waals surface area (Å²) in [5.74, 6) is 2.97. The van der Waals surface area contributed by atoms with Crippen molar-refractivity contribution in [1.82, 2.24) is 9.78 Å². The van der Waals surface area contributed by atoms with Crippen LogP contribution in [-0.2, 0) is 21.1 Å². The van der Waals surface area contributed by atoms with Gasteiger partial charge in [0.05, 0.1) is 0 Å². The van der Waals surface area contributed by atoms with Crippen molar-refractivity contribution in [1.29, 1.82) is 0 Å². The van der Waals surface area contributed by atoms with Crippen molar-refractivity contribution in [2.24, 2.45) is 0 Å². The first-order valence-electron chi connectivity index (χ1n) is 9.38. The van der Waals surface area contributed by atoms with Gasteiger partial charge in [-0.25, -0.2) is 0 Å². The van der Waals surface area contributed by atoms with Gasteiger partial charge in [-0.15, -0.1) is 0 Å². The summed E-state index contributed by atoms with van der Waals surface area (Å²) in [6.45, 7) is 8.80. The monoisotopic (exact) mass is 501 g/mol. The van der Waals surface area contributed by atoms with Gasteiger partial charge in [-0.3, -0.25) is 0 Å². The van der Waals surface area contributed by atoms with Crippen molar-refractivity contribution in [3.05, 3.63) is 19.8 Å². The summed E-state index contributed by atoms with van der Waals surface area (Å²) >= 11 is -7.62. The molecule has 1 rings (SSSR count). The van der Waals surface area contributed by atoms with Gasteiger partial charge in [0.2, 0.25) is 0 Å². The topological polar surface area (TPSA) is 36.1 Å². The molecule has 0 amide bonds. The third-order valence-electron chi connectivity index (χ3n) is 4.69. The van der Waals surface area contributed by atoms with Gasteiger partial charge in [-0.1, -0.05) is 0 Å². The number of rotatable bonds is 11. The molecule has 0 aromatic heterocycles. The summed E-state index contributed by atoms with van der Waals surface area (Å²) in [6.07, 6.45) is 7.29. The van der Waals surface area contributed by atoms with Gasteiger partial charge in [0.1, 0.15) is 0 Å². The van der Waals surface area contributed by atoms with E-state index in [2.05, 4.69) is 30.6 Å². The summed E-state index contributed by atoms with van der Waals surface area (Å²) in [7, 11) is 0. The number of hydrogen-bond acceptors (Lipinski definition) is 3. The zero-order chi connectivity index (χ0) is 19.1. The van der Waals surface area contributed by atoms with Gasteiger partial charge in [0, 0.05) is 0 Å². The molecule has 3 nitrogen and oxygen atoms in total. The molecule has 0 spiro atoms. The van der Waals surface area contributed by atoms with Crippen molar-refractivity contribution >= 4 is 13.3 Å². The fourth-order valence-electron chi connectivity index (χ4n) is 3.04. The fourth-order valence-corrected chi connectivity index (χ4v) is 22.3. The van der Waals surface area contributed by atoms with Gasteiger partial charge in [-0.05, 0) is 0 Å². The summed E-state index contributed by atoms with van der Waals surface area (Å²) in [4.78, 5) is 0. The van der Waals surface area contributed by atoms with E-state index in [9.17, 15) is 13.2 Å². The Morgan fingerprint density at radius 3 is 1.76 bits per heavy atom. The van der Waals surface area contributed by atoms with Crippen LogP contribution in [0.25, 0.3) is 0 Å². The molecule has 0 heterocycles. The minimum atomic E-state index is -4.13. The van der Waals surface area contributed by atoms with E-state index in [4.69, 9.17) is 0 Å². The maximum absolute atomic E-state index is 13.8. The third kappa shape index (κ3) is 5.77. The molecule has 0 aliphatic heterocycles. The molecule has 0 fully saturated rings. The summed E-state index contributed by atoms with van der Waals surface area (Å²) < 4.78 is 54.1. The van der Waals surface area contributed by atoms with E-state index >= 15 is 0 Å². The predicted octanol–water partition coefficient (Wildman–Crippen LogP) is 4.45. The van der Waals surface area contributed by atoms with E-state index in [1.54, 1.807) is 6.08 Å². The maximum atomic E-state index is 13.8. The average molecular weight is 501 g/mol. The average Bonchev–Trinajstić information content (AvgIpc) is 3.04. The molecule has 1 aliphatic carbocycles. The van der Waals surface area contributed by atoms with Crippen LogP contribution in [0.1, 0.15) is 46.5 Å². The van der Waals surface area contributed by atoms with Crippen LogP contribution in [0.4, 0.5) is 13.2 Å². The standard InChI is InChI=1S/C8H10F3Ge.3C3H8N.Zr/c1-12(2,8(9,10)11)7-5-3-4-6-7;3*1-2-3-4;/h3,5H,4H2,1-2H3;3*4H,2-3H2,1H3;/q;3*-1;+3. The molecule has 0 bridgehead atoms. The molecule has 0 unspecified atom stereocenters. The summed E-state index contributed by atoms with van der Waals surface area (Å²) in [5.41, 5.74) is 0. The normalized spacial score (nSPS) is 16.2. The molecule has 25 heavy (non-hydrogen) atoms. The Morgan fingerprint density at radius 1 is 0.960 bits per heavy atom. The SMILES string of the molecule is CCC[NH][Zr]([NH]CCC)([NH]CCC)[C]1=[C]([Ge]([CH3])([CH3])[C](F)(F)F)C=CC1. The van der Waals surface area contributed by atoms with Gasteiger partial charge in [-0.2, -0.15) is 0 Å². The summed E-state index contributed by atoms with van der Waals surface area (Å²) in [5, 5.41) is -4.08. The Balaban J connectivity index is 3.40. The molecule has 146 valence electrons. The van der Waals surface area contributed by atoms with Crippen LogP contribution in [0.3, 0.4) is 0 Å². The molecule has 0 aromatic carbocycles. The number of nitrogens with one attached hydrogen (secondary N) is 3. The second-order valence-corrected chi connectivity index (χ2v) is 24.1. The molecule has 0 radical (unpaired) electrons. The van der Waals surface area contributed by atoms with Gasteiger partial charge in [0.15, 0.2) is 0 Å². The number of allylic oxidation sites excluding steroid dienone is 4. The van der Waals surface area contributed by atoms with Crippen LogP contribution < -0.4 is 9.78 Å². The Labute approximate surface area is 159 Å². The molecule has 0 saturated heterocycles. The zero-order valence-corrected chi connectivity index (χ0v) is 20.8. The Kier molecular flexibility index (Phi) is 9.65. The molecule has 0 aromatic rings. The van der Waals surface area contributed by atoms with Crippen molar-refractivity contribution in [2.45, 2.75) is 63.0 Å². The van der Waals surface area contributed by atoms with Crippen molar-refractivity contribution in [3.8, 4) is 0 Å². The Morgan fingerprint density at radius 2 is 1.40 bits per heavy atom. The van der Waals surface area contributed by atoms with Gasteiger partial charge < -0.3 is 0 Å². The first kappa shape index (κ1) is 23.6. The van der Waals surface area contributed by atoms with Crippen molar-refractivity contribution < 1.29 is 34.3 Å². The van der Waals surface area contributed by atoms with E-state index in [1.165, 1.54) is 11.5 Å². The van der Waals surface area contributed by atoms with E-state index in [-0.39, 0.29) is 0 Å². The number of halogens is 3. The minimum absolute atomic E-state index is 0.638. The zero-order valence-electron chi connectivity index (χ0n) is 16.2. The molecule has 1 aliphatic rings. The second kappa shape index (κ2) is 10.2. The molecule has 8 heteroatoms. The molecule has 0 saturated carbocycles. The Hall–Kier alpha value is 0.576. The van der Waals surface area contributed by atoms with E-state index in [1.807, 2.05) is 6.08 Å². The fraction of sp³-hybridized carbons (Fsp3) is 0.765. The van der Waals surface area contributed by atoms with Crippen LogP contribution >= 0.6 is 0 Å². The third-order valence-corrected chi connectivity index (χ3v) is 21.9. The van der Waals surface area contributed by atoms with Crippen molar-refractivity contribution in [3.63, 3.8) is 0 Å². The quantitative estimate of drug-likeness (QED) is 0.367. The van der Waals surface area contributed by atoms with E-state index in [0.717, 1.165) is 42.2 Å².